The molecule has 0 bridgehead atoms. The van der Waals surface area contributed by atoms with Crippen LogP contribution in [0.4, 0.5) is 34.5 Å². The molecule has 2 aliphatic heterocycles. The Balaban J connectivity index is 1.12. The van der Waals surface area contributed by atoms with E-state index in [1.165, 1.54) is 6.20 Å². The van der Waals surface area contributed by atoms with E-state index in [0.29, 0.717) is 45.6 Å². The number of carbonyl (C=O) groups excluding carboxylic acids is 1. The van der Waals surface area contributed by atoms with Crippen LogP contribution >= 0.6 is 23.2 Å². The number of benzene rings is 2. The molecule has 14 heteroatoms. The molecule has 0 radical (unpaired) electrons. The summed E-state index contributed by atoms with van der Waals surface area (Å²) in [6.07, 6.45) is 5.39. The van der Waals surface area contributed by atoms with Crippen LogP contribution in [0.1, 0.15) is 33.6 Å². The van der Waals surface area contributed by atoms with Crippen molar-refractivity contribution < 1.29 is 13.7 Å². The summed E-state index contributed by atoms with van der Waals surface area (Å²) in [5, 5.41) is 7.40. The molecule has 0 aliphatic carbocycles. The third-order valence-electron chi connectivity index (χ3n) is 8.56. The number of nitrogens with one attached hydrogen (secondary N) is 2. The van der Waals surface area contributed by atoms with E-state index in [9.17, 15) is 9.00 Å². The molecular weight excluding hydrogens is 671 g/mol. The Morgan fingerprint density at radius 1 is 0.979 bits per heavy atom. The fourth-order valence-electron chi connectivity index (χ4n) is 5.98. The van der Waals surface area contributed by atoms with Gasteiger partial charge in [0.05, 0.1) is 34.8 Å². The summed E-state index contributed by atoms with van der Waals surface area (Å²) >= 11 is 13.2. The van der Waals surface area contributed by atoms with Gasteiger partial charge in [-0.15, -0.1) is 0 Å². The number of carbonyl (C=O) groups is 1. The van der Waals surface area contributed by atoms with E-state index in [1.54, 1.807) is 17.6 Å². The maximum Gasteiger partial charge on any atom is 0.320 e. The average Bonchev–Trinajstić information content (AvgIpc) is 3.04. The topological polar surface area (TPSA) is 106 Å². The fourth-order valence-corrected chi connectivity index (χ4v) is 6.78. The van der Waals surface area contributed by atoms with E-state index < -0.39 is 16.6 Å². The summed E-state index contributed by atoms with van der Waals surface area (Å²) < 4.78 is 19.2. The van der Waals surface area contributed by atoms with Crippen molar-refractivity contribution in [1.82, 2.24) is 19.8 Å². The Morgan fingerprint density at radius 2 is 1.67 bits per heavy atom. The lowest BCUT2D eigenvalue weighted by atomic mass is 9.95. The predicted molar refractivity (Wildman–Crippen MR) is 198 cm³/mol. The molecule has 2 aromatic carbocycles. The molecule has 2 fully saturated rings. The zero-order valence-electron chi connectivity index (χ0n) is 28.3. The SMILES string of the molecule is CN(c1ccccc1Nc1nc(Nc2ccc(N3CCC(CN4CCN(CC(=O)OC(C)(C)C)CC4)CC3)cc2Cl)ncc1Cl)S(C)=O. The number of piperazine rings is 1. The fraction of sp³-hybridized carbons (Fsp3) is 0.500. The lowest BCUT2D eigenvalue weighted by Crippen LogP contribution is -2.50. The third-order valence-corrected chi connectivity index (χ3v) is 10.1. The number of para-hydroxylation sites is 2. The Morgan fingerprint density at radius 3 is 2.33 bits per heavy atom. The Kier molecular flexibility index (Phi) is 12.1. The van der Waals surface area contributed by atoms with Crippen LogP contribution in [0.15, 0.2) is 48.7 Å². The largest absolute Gasteiger partial charge is 0.459 e. The van der Waals surface area contributed by atoms with Gasteiger partial charge in [-0.25, -0.2) is 9.19 Å². The molecule has 0 saturated carbocycles. The van der Waals surface area contributed by atoms with Crippen molar-refractivity contribution in [3.05, 3.63) is 58.7 Å². The van der Waals surface area contributed by atoms with Gasteiger partial charge in [0.15, 0.2) is 5.82 Å². The second-order valence-electron chi connectivity index (χ2n) is 13.3. The maximum atomic E-state index is 12.2. The second kappa shape index (κ2) is 16.0. The summed E-state index contributed by atoms with van der Waals surface area (Å²) in [4.78, 5) is 28.3. The molecule has 3 heterocycles. The first kappa shape index (κ1) is 36.1. The molecular formula is C34H46Cl2N8O3S. The number of hydrogen-bond donors (Lipinski definition) is 2. The number of piperidine rings is 1. The van der Waals surface area contributed by atoms with Crippen LogP contribution in [0, 0.1) is 5.92 Å². The van der Waals surface area contributed by atoms with E-state index in [1.807, 2.05) is 57.2 Å². The van der Waals surface area contributed by atoms with Crippen LogP contribution in [-0.2, 0) is 20.5 Å². The standard InChI is InChI=1S/C34H46Cl2N8O3S/c1-34(2,3)47-31(45)23-43-18-16-42(17-19-43)22-24-12-14-44(15-13-24)25-10-11-28(26(35)20-25)39-33-37-21-27(36)32(40-33)38-29-8-6-7-9-30(29)41(4)48(5)46/h6-11,20-21,24H,12-19,22-23H2,1-5H3,(H2,37,38,39,40). The van der Waals surface area contributed by atoms with Crippen LogP contribution in [0.3, 0.4) is 0 Å². The van der Waals surface area contributed by atoms with Gasteiger partial charge in [-0.3, -0.25) is 14.0 Å². The van der Waals surface area contributed by atoms with Crippen molar-refractivity contribution >= 4 is 74.7 Å². The molecule has 48 heavy (non-hydrogen) atoms. The first-order chi connectivity index (χ1) is 22.8. The summed E-state index contributed by atoms with van der Waals surface area (Å²) in [6, 6.07) is 13.5. The highest BCUT2D eigenvalue weighted by molar-refractivity contribution is 7.85. The summed E-state index contributed by atoms with van der Waals surface area (Å²) in [5.41, 5.74) is 2.80. The summed E-state index contributed by atoms with van der Waals surface area (Å²) in [5.74, 6) is 1.26. The molecule has 260 valence electrons. The van der Waals surface area contributed by atoms with Crippen molar-refractivity contribution in [3.8, 4) is 0 Å². The quantitative estimate of drug-likeness (QED) is 0.224. The molecule has 2 aliphatic rings. The van der Waals surface area contributed by atoms with Gasteiger partial charge < -0.3 is 25.2 Å². The van der Waals surface area contributed by atoms with Crippen molar-refractivity contribution in [2.45, 2.75) is 39.2 Å². The molecule has 0 amide bonds. The predicted octanol–water partition coefficient (Wildman–Crippen LogP) is 6.18. The molecule has 2 N–H and O–H groups in total. The Hall–Kier alpha value is -3.16. The number of nitrogens with zero attached hydrogens (tertiary/aromatic N) is 6. The van der Waals surface area contributed by atoms with E-state index in [4.69, 9.17) is 27.9 Å². The minimum atomic E-state index is -1.20. The smallest absolute Gasteiger partial charge is 0.320 e. The Bertz CT molecular complexity index is 1590. The van der Waals surface area contributed by atoms with Gasteiger partial charge in [-0.2, -0.15) is 4.98 Å². The highest BCUT2D eigenvalue weighted by Gasteiger charge is 2.26. The zero-order valence-corrected chi connectivity index (χ0v) is 30.7. The van der Waals surface area contributed by atoms with Gasteiger partial charge in [0, 0.05) is 64.8 Å². The third kappa shape index (κ3) is 9.94. The van der Waals surface area contributed by atoms with E-state index in [2.05, 4.69) is 41.4 Å². The molecule has 5 rings (SSSR count). The van der Waals surface area contributed by atoms with E-state index in [0.717, 1.165) is 70.0 Å². The van der Waals surface area contributed by atoms with Crippen LogP contribution in [0.5, 0.6) is 0 Å². The lowest BCUT2D eigenvalue weighted by Gasteiger charge is -2.39. The van der Waals surface area contributed by atoms with Gasteiger partial charge in [0.2, 0.25) is 5.95 Å². The molecule has 1 unspecified atom stereocenters. The van der Waals surface area contributed by atoms with Crippen LogP contribution in [0.25, 0.3) is 0 Å². The first-order valence-electron chi connectivity index (χ1n) is 16.3. The molecule has 0 spiro atoms. The van der Waals surface area contributed by atoms with Crippen molar-refractivity contribution in [3.63, 3.8) is 0 Å². The molecule has 11 nitrogen and oxygen atoms in total. The molecule has 1 atom stereocenters. The van der Waals surface area contributed by atoms with Gasteiger partial charge >= 0.3 is 5.97 Å². The summed E-state index contributed by atoms with van der Waals surface area (Å²) in [6.45, 7) is 12.9. The van der Waals surface area contributed by atoms with E-state index >= 15 is 0 Å². The van der Waals surface area contributed by atoms with Gasteiger partial charge in [-0.1, -0.05) is 35.3 Å². The molecule has 3 aromatic rings. The number of halogens is 2. The highest BCUT2D eigenvalue weighted by atomic mass is 35.5. The normalized spacial score (nSPS) is 17.2. The Labute approximate surface area is 296 Å². The van der Waals surface area contributed by atoms with E-state index in [-0.39, 0.29) is 5.97 Å². The number of esters is 1. The number of hydrogen-bond acceptors (Lipinski definition) is 10. The number of anilines is 6. The minimum Gasteiger partial charge on any atom is -0.459 e. The highest BCUT2D eigenvalue weighted by Crippen LogP contribution is 2.34. The van der Waals surface area contributed by atoms with Gasteiger partial charge in [-0.05, 0) is 69.9 Å². The van der Waals surface area contributed by atoms with Crippen molar-refractivity contribution in [2.75, 3.05) is 85.5 Å². The van der Waals surface area contributed by atoms with Crippen LogP contribution in [-0.4, -0.2) is 101 Å². The lowest BCUT2D eigenvalue weighted by molar-refractivity contribution is -0.156. The first-order valence-corrected chi connectivity index (χ1v) is 18.6. The van der Waals surface area contributed by atoms with Crippen LogP contribution < -0.4 is 19.8 Å². The number of rotatable bonds is 11. The average molecular weight is 718 g/mol. The van der Waals surface area contributed by atoms with Crippen molar-refractivity contribution in [1.29, 1.82) is 0 Å². The van der Waals surface area contributed by atoms with Gasteiger partial charge in [0.1, 0.15) is 21.6 Å². The number of aromatic nitrogens is 2. The zero-order chi connectivity index (χ0) is 34.4. The maximum absolute atomic E-state index is 12.2. The van der Waals surface area contributed by atoms with Gasteiger partial charge in [0.25, 0.3) is 0 Å². The van der Waals surface area contributed by atoms with Crippen LogP contribution in [0.2, 0.25) is 10.0 Å². The second-order valence-corrected chi connectivity index (χ2v) is 15.5. The molecule has 1 aromatic heterocycles. The summed E-state index contributed by atoms with van der Waals surface area (Å²) in [7, 11) is 0.564. The monoisotopic (exact) mass is 716 g/mol. The molecule has 2 saturated heterocycles. The van der Waals surface area contributed by atoms with Crippen molar-refractivity contribution in [2.24, 2.45) is 5.92 Å². The number of ether oxygens (including phenoxy) is 1. The minimum absolute atomic E-state index is 0.147.